The molecule has 0 bridgehead atoms. The number of halogens is 1. The predicted octanol–water partition coefficient (Wildman–Crippen LogP) is 2.63. The zero-order chi connectivity index (χ0) is 19.0. The summed E-state index contributed by atoms with van der Waals surface area (Å²) in [5.74, 6) is 0.509. The second-order valence-electron chi connectivity index (χ2n) is 6.56. The molecule has 4 rings (SSSR count). The van der Waals surface area contributed by atoms with Crippen molar-refractivity contribution in [1.82, 2.24) is 4.90 Å². The van der Waals surface area contributed by atoms with E-state index in [0.717, 1.165) is 12.1 Å². The summed E-state index contributed by atoms with van der Waals surface area (Å²) in [5.41, 5.74) is 0.485. The minimum atomic E-state index is -3.54. The van der Waals surface area contributed by atoms with Crippen molar-refractivity contribution in [2.75, 3.05) is 19.9 Å². The first kappa shape index (κ1) is 17.8. The maximum Gasteiger partial charge on any atom is 0.253 e. The van der Waals surface area contributed by atoms with Crippen molar-refractivity contribution < 1.29 is 27.1 Å². The van der Waals surface area contributed by atoms with E-state index in [1.54, 1.807) is 23.1 Å². The molecular weight excluding hydrogens is 373 g/mol. The van der Waals surface area contributed by atoms with Gasteiger partial charge in [-0.05, 0) is 55.3 Å². The SMILES string of the molecule is O=C(c1ccc2c(c1)OCO2)N1CCC(S(=O)(=O)c2ccc(F)cc2)CC1. The molecule has 0 saturated carbocycles. The molecule has 6 nitrogen and oxygen atoms in total. The van der Waals surface area contributed by atoms with E-state index in [9.17, 15) is 17.6 Å². The molecule has 2 aromatic carbocycles. The summed E-state index contributed by atoms with van der Waals surface area (Å²) in [7, 11) is -3.54. The van der Waals surface area contributed by atoms with Gasteiger partial charge in [0.05, 0.1) is 10.1 Å². The summed E-state index contributed by atoms with van der Waals surface area (Å²) in [6, 6.07) is 9.88. The highest BCUT2D eigenvalue weighted by Gasteiger charge is 2.33. The number of rotatable bonds is 3. The quantitative estimate of drug-likeness (QED) is 0.752. The summed E-state index contributed by atoms with van der Waals surface area (Å²) >= 11 is 0. The van der Waals surface area contributed by atoms with Crippen LogP contribution in [0.4, 0.5) is 4.39 Å². The van der Waals surface area contributed by atoms with Gasteiger partial charge in [-0.2, -0.15) is 0 Å². The van der Waals surface area contributed by atoms with E-state index in [4.69, 9.17) is 9.47 Å². The molecule has 1 saturated heterocycles. The lowest BCUT2D eigenvalue weighted by atomic mass is 10.1. The molecule has 0 N–H and O–H groups in total. The van der Waals surface area contributed by atoms with E-state index in [-0.39, 0.29) is 17.6 Å². The first-order chi connectivity index (χ1) is 12.9. The van der Waals surface area contributed by atoms with Crippen LogP contribution in [-0.4, -0.2) is 44.4 Å². The summed E-state index contributed by atoms with van der Waals surface area (Å²) in [6.45, 7) is 0.830. The number of benzene rings is 2. The lowest BCUT2D eigenvalue weighted by Crippen LogP contribution is -2.42. The fourth-order valence-electron chi connectivity index (χ4n) is 3.40. The molecule has 2 aliphatic heterocycles. The summed E-state index contributed by atoms with van der Waals surface area (Å²) in [4.78, 5) is 14.5. The normalized spacial score (nSPS) is 17.1. The smallest absolute Gasteiger partial charge is 0.253 e. The standard InChI is InChI=1S/C19H18FNO5S/c20-14-2-4-15(5-3-14)27(23,24)16-7-9-21(10-8-16)19(22)13-1-6-17-18(11-13)26-12-25-17/h1-6,11,16H,7-10,12H2. The number of ether oxygens (including phenoxy) is 2. The van der Waals surface area contributed by atoms with E-state index in [1.807, 2.05) is 0 Å². The fourth-order valence-corrected chi connectivity index (χ4v) is 5.13. The number of hydrogen-bond acceptors (Lipinski definition) is 5. The van der Waals surface area contributed by atoms with Gasteiger partial charge in [0, 0.05) is 18.7 Å². The summed E-state index contributed by atoms with van der Waals surface area (Å²) < 4.78 is 49.0. The Hall–Kier alpha value is -2.61. The largest absolute Gasteiger partial charge is 0.454 e. The van der Waals surface area contributed by atoms with Crippen molar-refractivity contribution in [2.45, 2.75) is 23.0 Å². The molecule has 0 aromatic heterocycles. The Balaban J connectivity index is 1.44. The van der Waals surface area contributed by atoms with Crippen molar-refractivity contribution in [3.05, 3.63) is 53.8 Å². The molecule has 1 amide bonds. The van der Waals surface area contributed by atoms with Crippen molar-refractivity contribution >= 4 is 15.7 Å². The van der Waals surface area contributed by atoms with Crippen molar-refractivity contribution in [2.24, 2.45) is 0 Å². The van der Waals surface area contributed by atoms with Gasteiger partial charge in [-0.15, -0.1) is 0 Å². The molecule has 2 aromatic rings. The minimum Gasteiger partial charge on any atom is -0.454 e. The molecule has 2 aliphatic rings. The molecule has 27 heavy (non-hydrogen) atoms. The Morgan fingerprint density at radius 3 is 2.37 bits per heavy atom. The maximum absolute atomic E-state index is 13.0. The highest BCUT2D eigenvalue weighted by Crippen LogP contribution is 2.33. The van der Waals surface area contributed by atoms with Gasteiger partial charge in [0.25, 0.3) is 5.91 Å². The Labute approximate surface area is 156 Å². The van der Waals surface area contributed by atoms with E-state index < -0.39 is 20.9 Å². The lowest BCUT2D eigenvalue weighted by Gasteiger charge is -2.31. The molecule has 1 fully saturated rings. The van der Waals surface area contributed by atoms with Crippen molar-refractivity contribution in [3.8, 4) is 11.5 Å². The van der Waals surface area contributed by atoms with Crippen LogP contribution in [-0.2, 0) is 9.84 Å². The zero-order valence-corrected chi connectivity index (χ0v) is 15.2. The Bertz CT molecular complexity index is 966. The van der Waals surface area contributed by atoms with Crippen LogP contribution in [0.5, 0.6) is 11.5 Å². The van der Waals surface area contributed by atoms with Crippen LogP contribution >= 0.6 is 0 Å². The first-order valence-corrected chi connectivity index (χ1v) is 10.2. The number of piperidine rings is 1. The number of fused-ring (bicyclic) bond motifs is 1. The second kappa shape index (κ2) is 6.84. The van der Waals surface area contributed by atoms with Crippen molar-refractivity contribution in [3.63, 3.8) is 0 Å². The number of amides is 1. The monoisotopic (exact) mass is 391 g/mol. The van der Waals surface area contributed by atoms with E-state index in [2.05, 4.69) is 0 Å². The van der Waals surface area contributed by atoms with Gasteiger partial charge in [-0.1, -0.05) is 0 Å². The molecule has 142 valence electrons. The van der Waals surface area contributed by atoms with Crippen LogP contribution in [0.2, 0.25) is 0 Å². The molecule has 0 radical (unpaired) electrons. The Morgan fingerprint density at radius 2 is 1.67 bits per heavy atom. The lowest BCUT2D eigenvalue weighted by molar-refractivity contribution is 0.0725. The average Bonchev–Trinajstić information content (AvgIpc) is 3.15. The number of likely N-dealkylation sites (tertiary alicyclic amines) is 1. The van der Waals surface area contributed by atoms with Crippen LogP contribution in [0.25, 0.3) is 0 Å². The van der Waals surface area contributed by atoms with Gasteiger partial charge < -0.3 is 14.4 Å². The molecule has 2 heterocycles. The first-order valence-electron chi connectivity index (χ1n) is 8.63. The number of nitrogens with zero attached hydrogens (tertiary/aromatic N) is 1. The van der Waals surface area contributed by atoms with Crippen LogP contribution in [0.3, 0.4) is 0 Å². The molecule has 0 unspecified atom stereocenters. The molecule has 8 heteroatoms. The van der Waals surface area contributed by atoms with E-state index in [0.29, 0.717) is 43.0 Å². The molecule has 0 aliphatic carbocycles. The molecular formula is C19H18FNO5S. The highest BCUT2D eigenvalue weighted by molar-refractivity contribution is 7.92. The second-order valence-corrected chi connectivity index (χ2v) is 8.79. The summed E-state index contributed by atoms with van der Waals surface area (Å²) in [6.07, 6.45) is 0.687. The Kier molecular flexibility index (Phi) is 4.51. The fraction of sp³-hybridized carbons (Fsp3) is 0.316. The third kappa shape index (κ3) is 3.37. The van der Waals surface area contributed by atoms with Gasteiger partial charge in [0.15, 0.2) is 21.3 Å². The topological polar surface area (TPSA) is 72.9 Å². The summed E-state index contributed by atoms with van der Waals surface area (Å²) in [5, 5.41) is -0.580. The average molecular weight is 391 g/mol. The molecule has 0 atom stereocenters. The Morgan fingerprint density at radius 1 is 1.00 bits per heavy atom. The third-order valence-electron chi connectivity index (χ3n) is 4.93. The highest BCUT2D eigenvalue weighted by atomic mass is 32.2. The van der Waals surface area contributed by atoms with Gasteiger partial charge in [-0.25, -0.2) is 12.8 Å². The molecule has 0 spiro atoms. The third-order valence-corrected chi connectivity index (χ3v) is 7.21. The zero-order valence-electron chi connectivity index (χ0n) is 14.4. The van der Waals surface area contributed by atoms with Gasteiger partial charge in [0.1, 0.15) is 5.82 Å². The number of hydrogen-bond donors (Lipinski definition) is 0. The number of carbonyl (C=O) groups excluding carboxylic acids is 1. The number of sulfone groups is 1. The van der Waals surface area contributed by atoms with Gasteiger partial charge in [-0.3, -0.25) is 4.79 Å². The van der Waals surface area contributed by atoms with Crippen molar-refractivity contribution in [1.29, 1.82) is 0 Å². The predicted molar refractivity (Wildman–Crippen MR) is 95.1 cm³/mol. The van der Waals surface area contributed by atoms with Gasteiger partial charge >= 0.3 is 0 Å². The van der Waals surface area contributed by atoms with Gasteiger partial charge in [0.2, 0.25) is 6.79 Å². The van der Waals surface area contributed by atoms with Crippen LogP contribution in [0.1, 0.15) is 23.2 Å². The van der Waals surface area contributed by atoms with Crippen LogP contribution < -0.4 is 9.47 Å². The van der Waals surface area contributed by atoms with E-state index >= 15 is 0 Å². The van der Waals surface area contributed by atoms with Crippen LogP contribution in [0, 0.1) is 5.82 Å². The maximum atomic E-state index is 13.0. The van der Waals surface area contributed by atoms with Crippen LogP contribution in [0.15, 0.2) is 47.4 Å². The number of carbonyl (C=O) groups is 1. The van der Waals surface area contributed by atoms with E-state index in [1.165, 1.54) is 12.1 Å². The minimum absolute atomic E-state index is 0.115.